The van der Waals surface area contributed by atoms with Gasteiger partial charge in [0.05, 0.1) is 7.11 Å². The van der Waals surface area contributed by atoms with E-state index in [0.29, 0.717) is 12.0 Å². The van der Waals surface area contributed by atoms with E-state index in [1.807, 2.05) is 13.0 Å². The second-order valence-electron chi connectivity index (χ2n) is 9.19. The molecule has 9 nitrogen and oxygen atoms in total. The maximum Gasteiger partial charge on any atom is 0.408 e. The zero-order chi connectivity index (χ0) is 27.3. The molecule has 0 heterocycles. The molecule has 0 fully saturated rings. The predicted molar refractivity (Wildman–Crippen MR) is 143 cm³/mol. The molecule has 10 heteroatoms. The molecule has 3 amide bonds. The molecule has 0 aliphatic heterocycles. The van der Waals surface area contributed by atoms with Crippen LogP contribution in [0.4, 0.5) is 4.79 Å². The summed E-state index contributed by atoms with van der Waals surface area (Å²) in [6, 6.07) is 4.96. The molecule has 1 aromatic carbocycles. The molecule has 0 radical (unpaired) electrons. The number of methoxy groups -OCH3 is 1. The monoisotopic (exact) mass is 521 g/mol. The molecule has 0 aliphatic carbocycles. The maximum atomic E-state index is 13.8. The van der Waals surface area contributed by atoms with Crippen molar-refractivity contribution < 1.29 is 28.7 Å². The van der Waals surface area contributed by atoms with Crippen LogP contribution in [0, 0.1) is 0 Å². The molecule has 36 heavy (non-hydrogen) atoms. The van der Waals surface area contributed by atoms with Crippen molar-refractivity contribution >= 4 is 42.6 Å². The van der Waals surface area contributed by atoms with Crippen molar-refractivity contribution in [2.75, 3.05) is 26.0 Å². The first-order valence-corrected chi connectivity index (χ1v) is 12.6. The summed E-state index contributed by atoms with van der Waals surface area (Å²) in [5.41, 5.74) is 0.544. The third-order valence-electron chi connectivity index (χ3n) is 5.11. The van der Waals surface area contributed by atoms with Crippen molar-refractivity contribution in [3.05, 3.63) is 42.0 Å². The van der Waals surface area contributed by atoms with E-state index in [0.717, 1.165) is 18.4 Å². The van der Waals surface area contributed by atoms with E-state index in [-0.39, 0.29) is 18.8 Å². The normalized spacial score (nSPS) is 12.6. The Hall–Kier alpha value is -3.01. The Kier molecular flexibility index (Phi) is 13.1. The highest BCUT2D eigenvalue weighted by atomic mass is 32.1. The smallest absolute Gasteiger partial charge is 0.408 e. The van der Waals surface area contributed by atoms with E-state index in [1.165, 1.54) is 12.0 Å². The summed E-state index contributed by atoms with van der Waals surface area (Å²) in [5.74, 6) is -1.67. The second kappa shape index (κ2) is 15.2. The van der Waals surface area contributed by atoms with Crippen LogP contribution in [0.1, 0.15) is 64.1 Å². The Morgan fingerprint density at radius 2 is 1.89 bits per heavy atom. The molecule has 0 aliphatic rings. The first-order chi connectivity index (χ1) is 17.0. The van der Waals surface area contributed by atoms with Crippen LogP contribution in [0.25, 0.3) is 6.08 Å². The fourth-order valence-electron chi connectivity index (χ4n) is 3.39. The number of nitrogens with one attached hydrogen (secondary N) is 2. The van der Waals surface area contributed by atoms with Gasteiger partial charge in [-0.2, -0.15) is 12.6 Å². The first-order valence-electron chi connectivity index (χ1n) is 11.9. The van der Waals surface area contributed by atoms with E-state index in [4.69, 9.17) is 4.74 Å². The van der Waals surface area contributed by atoms with Gasteiger partial charge >= 0.3 is 12.1 Å². The number of unbranched alkanes of at least 4 members (excludes halogenated alkanes) is 2. The minimum atomic E-state index is -1.07. The van der Waals surface area contributed by atoms with Gasteiger partial charge in [0.25, 0.3) is 0 Å². The summed E-state index contributed by atoms with van der Waals surface area (Å²) < 4.78 is 9.93. The number of nitrogens with zero attached hydrogens (tertiary/aromatic N) is 1. The fourth-order valence-corrected chi connectivity index (χ4v) is 3.64. The van der Waals surface area contributed by atoms with Crippen LogP contribution in [-0.4, -0.2) is 66.4 Å². The number of hydrogen-bond acceptors (Lipinski definition) is 7. The molecule has 0 spiro atoms. The van der Waals surface area contributed by atoms with Crippen LogP contribution >= 0.6 is 12.6 Å². The molecular formula is C26H39N3O6S. The second-order valence-corrected chi connectivity index (χ2v) is 9.56. The lowest BCUT2D eigenvalue weighted by Crippen LogP contribution is -2.54. The average molecular weight is 522 g/mol. The number of carbonyl (C=O) groups excluding carboxylic acids is 4. The zero-order valence-corrected chi connectivity index (χ0v) is 22.7. The molecular weight excluding hydrogens is 482 g/mol. The molecule has 200 valence electrons. The van der Waals surface area contributed by atoms with Gasteiger partial charge in [-0.05, 0) is 44.4 Å². The highest BCUT2D eigenvalue weighted by molar-refractivity contribution is 7.80. The van der Waals surface area contributed by atoms with E-state index >= 15 is 0 Å². The van der Waals surface area contributed by atoms with Crippen molar-refractivity contribution in [3.8, 4) is 0 Å². The summed E-state index contributed by atoms with van der Waals surface area (Å²) >= 11 is 4.27. The van der Waals surface area contributed by atoms with Crippen LogP contribution in [0.2, 0.25) is 0 Å². The minimum Gasteiger partial charge on any atom is -0.468 e. The molecule has 1 rings (SSSR count). The molecule has 2 unspecified atom stereocenters. The Morgan fingerprint density at radius 3 is 2.44 bits per heavy atom. The number of alkyl carbamates (subject to hydrolysis) is 1. The van der Waals surface area contributed by atoms with Gasteiger partial charge in [-0.3, -0.25) is 14.4 Å². The van der Waals surface area contributed by atoms with Gasteiger partial charge in [-0.25, -0.2) is 4.79 Å². The van der Waals surface area contributed by atoms with Gasteiger partial charge in [-0.1, -0.05) is 50.6 Å². The van der Waals surface area contributed by atoms with E-state index in [2.05, 4.69) is 34.6 Å². The Morgan fingerprint density at radius 1 is 1.19 bits per heavy atom. The lowest BCUT2D eigenvalue weighted by atomic mass is 10.00. The SMILES string of the molecule is C=Cc1cccc(C(C(=O)NCC(=O)OC)N(CCCCC)C(=O)C(CS)NC(=O)OC(C)(C)C)c1. The van der Waals surface area contributed by atoms with Crippen LogP contribution < -0.4 is 10.6 Å². The molecule has 2 N–H and O–H groups in total. The van der Waals surface area contributed by atoms with Gasteiger partial charge in [0, 0.05) is 12.3 Å². The third kappa shape index (κ3) is 10.3. The van der Waals surface area contributed by atoms with Crippen molar-refractivity contribution in [3.63, 3.8) is 0 Å². The van der Waals surface area contributed by atoms with E-state index in [9.17, 15) is 19.2 Å². The third-order valence-corrected chi connectivity index (χ3v) is 5.48. The molecule has 0 saturated carbocycles. The summed E-state index contributed by atoms with van der Waals surface area (Å²) in [7, 11) is 1.22. The first kappa shape index (κ1) is 31.0. The van der Waals surface area contributed by atoms with Gasteiger partial charge in [0.1, 0.15) is 24.2 Å². The number of esters is 1. The van der Waals surface area contributed by atoms with Crippen molar-refractivity contribution in [2.24, 2.45) is 0 Å². The standard InChI is InChI=1S/C26H39N3O6S/c1-7-9-10-14-29(24(32)20(17-36)28-25(33)35-26(3,4)5)22(23(31)27-16-21(30)34-6)19-13-11-12-18(8-2)15-19/h8,11-13,15,20,22,36H,2,7,9-10,14,16-17H2,1,3-6H3,(H,27,31)(H,28,33). The molecule has 0 saturated heterocycles. The number of amides is 3. The largest absolute Gasteiger partial charge is 0.468 e. The van der Waals surface area contributed by atoms with Crippen LogP contribution in [0.5, 0.6) is 0 Å². The Labute approximate surface area is 219 Å². The van der Waals surface area contributed by atoms with Crippen LogP contribution in [0.15, 0.2) is 30.8 Å². The minimum absolute atomic E-state index is 0.00838. The number of benzene rings is 1. The van der Waals surface area contributed by atoms with Gasteiger partial charge in [0.15, 0.2) is 0 Å². The summed E-state index contributed by atoms with van der Waals surface area (Å²) in [6.45, 7) is 10.9. The van der Waals surface area contributed by atoms with Crippen molar-refractivity contribution in [2.45, 2.75) is 64.6 Å². The summed E-state index contributed by atoms with van der Waals surface area (Å²) in [5, 5.41) is 5.13. The number of rotatable bonds is 13. The summed E-state index contributed by atoms with van der Waals surface area (Å²) in [4.78, 5) is 52.6. The molecule has 1 aromatic rings. The summed E-state index contributed by atoms with van der Waals surface area (Å²) in [6.07, 6.45) is 3.24. The van der Waals surface area contributed by atoms with Gasteiger partial charge in [0.2, 0.25) is 11.8 Å². The highest BCUT2D eigenvalue weighted by Crippen LogP contribution is 2.25. The van der Waals surface area contributed by atoms with Gasteiger partial charge < -0.3 is 25.0 Å². The van der Waals surface area contributed by atoms with Crippen molar-refractivity contribution in [1.82, 2.24) is 15.5 Å². The number of carbonyl (C=O) groups is 4. The average Bonchev–Trinajstić information content (AvgIpc) is 2.83. The van der Waals surface area contributed by atoms with Crippen LogP contribution in [-0.2, 0) is 23.9 Å². The Bertz CT molecular complexity index is 915. The number of hydrogen-bond donors (Lipinski definition) is 3. The fraction of sp³-hybridized carbons (Fsp3) is 0.538. The number of thiol groups is 1. The lowest BCUT2D eigenvalue weighted by molar-refractivity contribution is -0.144. The quantitative estimate of drug-likeness (QED) is 0.208. The highest BCUT2D eigenvalue weighted by Gasteiger charge is 2.35. The van der Waals surface area contributed by atoms with Crippen molar-refractivity contribution in [1.29, 1.82) is 0 Å². The van der Waals surface area contributed by atoms with Gasteiger partial charge in [-0.15, -0.1) is 0 Å². The molecule has 0 bridgehead atoms. The predicted octanol–water partition coefficient (Wildman–Crippen LogP) is 3.50. The zero-order valence-electron chi connectivity index (χ0n) is 21.8. The Balaban J connectivity index is 3.42. The molecule has 2 atom stereocenters. The van der Waals surface area contributed by atoms with Crippen LogP contribution in [0.3, 0.4) is 0 Å². The number of ether oxygens (including phenoxy) is 2. The molecule has 0 aromatic heterocycles. The van der Waals surface area contributed by atoms with E-state index in [1.54, 1.807) is 45.0 Å². The lowest BCUT2D eigenvalue weighted by Gasteiger charge is -2.34. The van der Waals surface area contributed by atoms with E-state index < -0.39 is 41.6 Å². The topological polar surface area (TPSA) is 114 Å². The maximum absolute atomic E-state index is 13.8.